The largest absolute Gasteiger partial charge is 0.379 e. The van der Waals surface area contributed by atoms with Gasteiger partial charge < -0.3 is 10.1 Å². The Hall–Kier alpha value is -2.29. The van der Waals surface area contributed by atoms with Gasteiger partial charge >= 0.3 is 0 Å². The highest BCUT2D eigenvalue weighted by Crippen LogP contribution is 2.25. The molecule has 150 valence electrons. The number of carbonyl (C=O) groups is 1. The van der Waals surface area contributed by atoms with Gasteiger partial charge in [-0.3, -0.25) is 4.79 Å². The number of nitrogens with one attached hydrogen (secondary N) is 1. The van der Waals surface area contributed by atoms with Gasteiger partial charge in [-0.15, -0.1) is 0 Å². The minimum Gasteiger partial charge on any atom is -0.379 e. The summed E-state index contributed by atoms with van der Waals surface area (Å²) in [4.78, 5) is 11.9. The van der Waals surface area contributed by atoms with Crippen molar-refractivity contribution in [1.29, 1.82) is 0 Å². The van der Waals surface area contributed by atoms with Gasteiger partial charge in [0.05, 0.1) is 13.2 Å². The lowest BCUT2D eigenvalue weighted by atomic mass is 9.97. The van der Waals surface area contributed by atoms with Crippen LogP contribution in [0, 0.1) is 5.82 Å². The van der Waals surface area contributed by atoms with Gasteiger partial charge in [-0.05, 0) is 29.7 Å². The maximum Gasteiger partial charge on any atom is 0.246 e. The van der Waals surface area contributed by atoms with Crippen molar-refractivity contribution in [2.45, 2.75) is 24.2 Å². The predicted molar refractivity (Wildman–Crippen MR) is 104 cm³/mol. The van der Waals surface area contributed by atoms with Crippen molar-refractivity contribution in [2.24, 2.45) is 0 Å². The first-order chi connectivity index (χ1) is 13.4. The molecule has 0 radical (unpaired) electrons. The van der Waals surface area contributed by atoms with Crippen molar-refractivity contribution < 1.29 is 22.3 Å². The Morgan fingerprint density at radius 3 is 2.54 bits per heavy atom. The minimum absolute atomic E-state index is 0.00167. The van der Waals surface area contributed by atoms with Crippen LogP contribution in [0.1, 0.15) is 24.8 Å². The number of benzene rings is 2. The number of sulfonamides is 1. The average molecular weight is 406 g/mol. The zero-order valence-corrected chi connectivity index (χ0v) is 16.4. The van der Waals surface area contributed by atoms with Crippen LogP contribution in [0.15, 0.2) is 53.4 Å². The fourth-order valence-corrected chi connectivity index (χ4v) is 4.59. The molecule has 0 saturated carbocycles. The summed E-state index contributed by atoms with van der Waals surface area (Å²) in [5.41, 5.74) is 1.28. The standard InChI is InChI=1S/C20H23FN2O4S/c1-15(16-5-3-2-4-6-16)13-20(24)22-17-7-8-18(21)19(14-17)28(25,26)23-9-11-27-12-10-23/h2-8,14-15H,9-13H2,1H3,(H,22,24). The molecule has 3 rings (SSSR count). The van der Waals surface area contributed by atoms with E-state index < -0.39 is 20.7 Å². The molecule has 1 saturated heterocycles. The van der Waals surface area contributed by atoms with E-state index in [0.29, 0.717) is 0 Å². The Kier molecular flexibility index (Phi) is 6.43. The summed E-state index contributed by atoms with van der Waals surface area (Å²) in [5.74, 6) is -1.11. The summed E-state index contributed by atoms with van der Waals surface area (Å²) >= 11 is 0. The van der Waals surface area contributed by atoms with Crippen LogP contribution in [0.4, 0.5) is 10.1 Å². The Morgan fingerprint density at radius 2 is 1.86 bits per heavy atom. The Bertz CT molecular complexity index is 928. The maximum absolute atomic E-state index is 14.2. The summed E-state index contributed by atoms with van der Waals surface area (Å²) < 4.78 is 46.0. The fourth-order valence-electron chi connectivity index (χ4n) is 3.09. The minimum atomic E-state index is -3.99. The number of carbonyl (C=O) groups excluding carboxylic acids is 1. The Labute approximate surface area is 164 Å². The van der Waals surface area contributed by atoms with Crippen LogP contribution >= 0.6 is 0 Å². The van der Waals surface area contributed by atoms with Gasteiger partial charge in [-0.1, -0.05) is 37.3 Å². The van der Waals surface area contributed by atoms with Gasteiger partial charge in [0.2, 0.25) is 15.9 Å². The maximum atomic E-state index is 14.2. The number of anilines is 1. The van der Waals surface area contributed by atoms with Crippen molar-refractivity contribution in [3.05, 3.63) is 59.9 Å². The molecule has 1 fully saturated rings. The second kappa shape index (κ2) is 8.81. The molecule has 0 aliphatic carbocycles. The summed E-state index contributed by atoms with van der Waals surface area (Å²) in [6, 6.07) is 13.2. The summed E-state index contributed by atoms with van der Waals surface area (Å²) in [6.45, 7) is 2.83. The van der Waals surface area contributed by atoms with E-state index in [-0.39, 0.29) is 50.2 Å². The van der Waals surface area contributed by atoms with E-state index >= 15 is 0 Å². The molecule has 1 unspecified atom stereocenters. The number of rotatable bonds is 6. The Balaban J connectivity index is 1.73. The SMILES string of the molecule is CC(CC(=O)Nc1ccc(F)c(S(=O)(=O)N2CCOCC2)c1)c1ccccc1. The zero-order valence-electron chi connectivity index (χ0n) is 15.6. The van der Waals surface area contributed by atoms with E-state index in [1.165, 1.54) is 16.4 Å². The van der Waals surface area contributed by atoms with Crippen LogP contribution in [0.3, 0.4) is 0 Å². The smallest absolute Gasteiger partial charge is 0.246 e. The molecule has 8 heteroatoms. The van der Waals surface area contributed by atoms with Gasteiger partial charge in [-0.25, -0.2) is 12.8 Å². The molecule has 2 aromatic rings. The topological polar surface area (TPSA) is 75.7 Å². The van der Waals surface area contributed by atoms with Crippen LogP contribution in [-0.4, -0.2) is 44.9 Å². The summed E-state index contributed by atoms with van der Waals surface area (Å²) in [7, 11) is -3.99. The third-order valence-corrected chi connectivity index (χ3v) is 6.58. The number of hydrogen-bond donors (Lipinski definition) is 1. The summed E-state index contributed by atoms with van der Waals surface area (Å²) in [5, 5.41) is 2.67. The van der Waals surface area contributed by atoms with Gasteiger partial charge in [0.1, 0.15) is 10.7 Å². The van der Waals surface area contributed by atoms with E-state index in [0.717, 1.165) is 11.6 Å². The number of halogens is 1. The van der Waals surface area contributed by atoms with E-state index in [1.54, 1.807) is 0 Å². The average Bonchev–Trinajstić information content (AvgIpc) is 2.70. The van der Waals surface area contributed by atoms with Gasteiger partial charge in [0.15, 0.2) is 0 Å². The highest BCUT2D eigenvalue weighted by atomic mass is 32.2. The molecule has 1 heterocycles. The van der Waals surface area contributed by atoms with Crippen LogP contribution in [0.25, 0.3) is 0 Å². The third kappa shape index (κ3) is 4.76. The fraction of sp³-hybridized carbons (Fsp3) is 0.350. The molecule has 0 spiro atoms. The zero-order chi connectivity index (χ0) is 20.1. The van der Waals surface area contributed by atoms with Crippen LogP contribution in [0.5, 0.6) is 0 Å². The van der Waals surface area contributed by atoms with Crippen molar-refractivity contribution >= 4 is 21.6 Å². The van der Waals surface area contributed by atoms with Gasteiger partial charge in [-0.2, -0.15) is 4.31 Å². The van der Waals surface area contributed by atoms with Crippen molar-refractivity contribution in [1.82, 2.24) is 4.31 Å². The van der Waals surface area contributed by atoms with Crippen LogP contribution < -0.4 is 5.32 Å². The van der Waals surface area contributed by atoms with Gasteiger partial charge in [0.25, 0.3) is 0 Å². The normalized spacial score (nSPS) is 16.5. The molecule has 2 aromatic carbocycles. The van der Waals surface area contributed by atoms with E-state index in [1.807, 2.05) is 37.3 Å². The van der Waals surface area contributed by atoms with Crippen LogP contribution in [-0.2, 0) is 19.6 Å². The first-order valence-corrected chi connectivity index (χ1v) is 10.5. The van der Waals surface area contributed by atoms with E-state index in [9.17, 15) is 17.6 Å². The molecule has 1 atom stereocenters. The molecule has 0 bridgehead atoms. The molecular weight excluding hydrogens is 383 g/mol. The molecule has 1 aliphatic heterocycles. The first kappa shape index (κ1) is 20.4. The molecule has 1 aliphatic rings. The lowest BCUT2D eigenvalue weighted by Gasteiger charge is -2.26. The second-order valence-corrected chi connectivity index (χ2v) is 8.63. The number of nitrogens with zero attached hydrogens (tertiary/aromatic N) is 1. The monoisotopic (exact) mass is 406 g/mol. The molecule has 6 nitrogen and oxygen atoms in total. The highest BCUT2D eigenvalue weighted by molar-refractivity contribution is 7.89. The molecule has 0 aromatic heterocycles. The lowest BCUT2D eigenvalue weighted by Crippen LogP contribution is -2.40. The third-order valence-electron chi connectivity index (χ3n) is 4.66. The molecule has 1 amide bonds. The lowest BCUT2D eigenvalue weighted by molar-refractivity contribution is -0.116. The van der Waals surface area contributed by atoms with Crippen molar-refractivity contribution in [2.75, 3.05) is 31.6 Å². The quantitative estimate of drug-likeness (QED) is 0.800. The summed E-state index contributed by atoms with van der Waals surface area (Å²) in [6.07, 6.45) is 0.229. The highest BCUT2D eigenvalue weighted by Gasteiger charge is 2.29. The first-order valence-electron chi connectivity index (χ1n) is 9.10. The number of hydrogen-bond acceptors (Lipinski definition) is 4. The molecular formula is C20H23FN2O4S. The number of ether oxygens (including phenoxy) is 1. The number of amides is 1. The number of morpholine rings is 1. The molecule has 28 heavy (non-hydrogen) atoms. The van der Waals surface area contributed by atoms with Crippen molar-refractivity contribution in [3.63, 3.8) is 0 Å². The van der Waals surface area contributed by atoms with Gasteiger partial charge in [0, 0.05) is 25.2 Å². The van der Waals surface area contributed by atoms with E-state index in [4.69, 9.17) is 4.74 Å². The predicted octanol–water partition coefficient (Wildman–Crippen LogP) is 2.98. The van der Waals surface area contributed by atoms with Crippen LogP contribution in [0.2, 0.25) is 0 Å². The second-order valence-electron chi connectivity index (χ2n) is 6.73. The molecule has 1 N–H and O–H groups in total. The Morgan fingerprint density at radius 1 is 1.18 bits per heavy atom. The van der Waals surface area contributed by atoms with E-state index in [2.05, 4.69) is 5.32 Å². The van der Waals surface area contributed by atoms with Crippen molar-refractivity contribution in [3.8, 4) is 0 Å².